The molecule has 1 aromatic heterocycles. The Morgan fingerprint density at radius 3 is 2.27 bits per heavy atom. The van der Waals surface area contributed by atoms with Gasteiger partial charge >= 0.3 is 0 Å². The zero-order valence-corrected chi connectivity index (χ0v) is 13.5. The highest BCUT2D eigenvalue weighted by Gasteiger charge is 2.17. The maximum absolute atomic E-state index is 12.1. The summed E-state index contributed by atoms with van der Waals surface area (Å²) in [4.78, 5) is 14.1. The summed E-state index contributed by atoms with van der Waals surface area (Å²) in [7, 11) is -0.869. The van der Waals surface area contributed by atoms with Gasteiger partial charge in [-0.1, -0.05) is 6.07 Å². The van der Waals surface area contributed by atoms with Crippen LogP contribution < -0.4 is 19.7 Å². The number of benzene rings is 1. The van der Waals surface area contributed by atoms with E-state index in [0.29, 0.717) is 11.5 Å². The third-order valence-electron chi connectivity index (χ3n) is 2.67. The Kier molecular flexibility index (Phi) is 5.01. The number of hydrogen-bond acceptors (Lipinski definition) is 6. The molecule has 0 fully saturated rings. The predicted molar refractivity (Wildman–Crippen MR) is 81.7 cm³/mol. The summed E-state index contributed by atoms with van der Waals surface area (Å²) in [6.45, 7) is 0. The number of methoxy groups -OCH3 is 2. The molecule has 0 saturated heterocycles. The molecule has 2 N–H and O–H groups in total. The number of sulfonamides is 1. The molecule has 1 aromatic carbocycles. The van der Waals surface area contributed by atoms with E-state index in [4.69, 9.17) is 9.47 Å². The van der Waals surface area contributed by atoms with Crippen LogP contribution in [0.5, 0.6) is 11.5 Å². The second kappa shape index (κ2) is 6.77. The second-order valence-corrected chi connectivity index (χ2v) is 6.95. The highest BCUT2D eigenvalue weighted by molar-refractivity contribution is 7.91. The Labute approximate surface area is 131 Å². The topological polar surface area (TPSA) is 93.7 Å². The molecule has 2 rings (SSSR count). The Morgan fingerprint density at radius 2 is 1.77 bits per heavy atom. The Balaban J connectivity index is 2.13. The van der Waals surface area contributed by atoms with Gasteiger partial charge in [0, 0.05) is 11.6 Å². The largest absolute Gasteiger partial charge is 0.497 e. The van der Waals surface area contributed by atoms with E-state index in [1.165, 1.54) is 32.4 Å². The normalized spacial score (nSPS) is 11.0. The Hall–Kier alpha value is -2.10. The predicted octanol–water partition coefficient (Wildman–Crippen LogP) is 1.39. The van der Waals surface area contributed by atoms with Gasteiger partial charge in [-0.05, 0) is 23.6 Å². The maximum Gasteiger partial charge on any atom is 0.266 e. The van der Waals surface area contributed by atoms with Crippen LogP contribution in [0.15, 0.2) is 39.9 Å². The molecular weight excluding hydrogens is 328 g/mol. The van der Waals surface area contributed by atoms with Gasteiger partial charge in [-0.15, -0.1) is 16.2 Å². The summed E-state index contributed by atoms with van der Waals surface area (Å²) in [5, 5.41) is 1.63. The van der Waals surface area contributed by atoms with Crippen LogP contribution in [0.25, 0.3) is 0 Å². The summed E-state index contributed by atoms with van der Waals surface area (Å²) in [6.07, 6.45) is 0. The molecule has 2 aromatic rings. The summed E-state index contributed by atoms with van der Waals surface area (Å²) < 4.78 is 34.0. The molecule has 0 atom stereocenters. The van der Waals surface area contributed by atoms with E-state index < -0.39 is 15.9 Å². The summed E-state index contributed by atoms with van der Waals surface area (Å²) in [6, 6.07) is 7.59. The van der Waals surface area contributed by atoms with Crippen LogP contribution in [-0.4, -0.2) is 28.5 Å². The number of nitrogens with one attached hydrogen (secondary N) is 2. The molecule has 0 aliphatic heterocycles. The van der Waals surface area contributed by atoms with Gasteiger partial charge in [0.25, 0.3) is 15.9 Å². The monoisotopic (exact) mass is 342 g/mol. The zero-order valence-electron chi connectivity index (χ0n) is 11.8. The van der Waals surface area contributed by atoms with E-state index >= 15 is 0 Å². The van der Waals surface area contributed by atoms with Gasteiger partial charge in [0.1, 0.15) is 15.7 Å². The third-order valence-corrected chi connectivity index (χ3v) is 5.32. The van der Waals surface area contributed by atoms with Crippen molar-refractivity contribution in [2.75, 3.05) is 14.2 Å². The SMILES string of the molecule is COc1cc(OC)cc(C(=O)NNS(=O)(=O)c2cccs2)c1. The molecule has 9 heteroatoms. The quantitative estimate of drug-likeness (QED) is 0.774. The number of hydrogen-bond donors (Lipinski definition) is 2. The minimum atomic E-state index is -3.78. The lowest BCUT2D eigenvalue weighted by atomic mass is 10.2. The van der Waals surface area contributed by atoms with Gasteiger partial charge in [-0.2, -0.15) is 0 Å². The van der Waals surface area contributed by atoms with E-state index in [1.807, 2.05) is 4.83 Å². The number of amides is 1. The van der Waals surface area contributed by atoms with Crippen molar-refractivity contribution in [3.05, 3.63) is 41.3 Å². The minimum absolute atomic E-state index is 0.107. The minimum Gasteiger partial charge on any atom is -0.497 e. The smallest absolute Gasteiger partial charge is 0.266 e. The van der Waals surface area contributed by atoms with Crippen LogP contribution in [0.1, 0.15) is 10.4 Å². The lowest BCUT2D eigenvalue weighted by molar-refractivity contribution is 0.0944. The molecular formula is C13H14N2O5S2. The molecule has 1 heterocycles. The lowest BCUT2D eigenvalue weighted by Crippen LogP contribution is -2.41. The van der Waals surface area contributed by atoms with Gasteiger partial charge in [0.2, 0.25) is 0 Å². The molecule has 0 aliphatic rings. The van der Waals surface area contributed by atoms with Crippen LogP contribution in [-0.2, 0) is 10.0 Å². The average Bonchev–Trinajstić information content (AvgIpc) is 3.07. The van der Waals surface area contributed by atoms with Crippen molar-refractivity contribution >= 4 is 27.3 Å². The first kappa shape index (κ1) is 16.3. The van der Waals surface area contributed by atoms with Crippen molar-refractivity contribution in [1.29, 1.82) is 0 Å². The molecule has 0 bridgehead atoms. The van der Waals surface area contributed by atoms with Crippen molar-refractivity contribution in [3.63, 3.8) is 0 Å². The van der Waals surface area contributed by atoms with Crippen LogP contribution in [0.2, 0.25) is 0 Å². The molecule has 22 heavy (non-hydrogen) atoms. The lowest BCUT2D eigenvalue weighted by Gasteiger charge is -2.10. The first-order chi connectivity index (χ1) is 10.5. The number of thiophene rings is 1. The van der Waals surface area contributed by atoms with E-state index in [9.17, 15) is 13.2 Å². The highest BCUT2D eigenvalue weighted by Crippen LogP contribution is 2.22. The maximum atomic E-state index is 12.1. The Morgan fingerprint density at radius 1 is 1.14 bits per heavy atom. The first-order valence-corrected chi connectivity index (χ1v) is 8.41. The van der Waals surface area contributed by atoms with Gasteiger partial charge < -0.3 is 9.47 Å². The van der Waals surface area contributed by atoms with Crippen LogP contribution in [0.3, 0.4) is 0 Å². The fraction of sp³-hybridized carbons (Fsp3) is 0.154. The van der Waals surface area contributed by atoms with Crippen molar-refractivity contribution < 1.29 is 22.7 Å². The van der Waals surface area contributed by atoms with Crippen molar-refractivity contribution in [2.24, 2.45) is 0 Å². The van der Waals surface area contributed by atoms with Gasteiger partial charge in [-0.25, -0.2) is 8.42 Å². The molecule has 0 spiro atoms. The number of rotatable bonds is 6. The van der Waals surface area contributed by atoms with Crippen molar-refractivity contribution in [1.82, 2.24) is 10.3 Å². The molecule has 1 amide bonds. The molecule has 0 aliphatic carbocycles. The third kappa shape index (κ3) is 3.75. The average molecular weight is 342 g/mol. The van der Waals surface area contributed by atoms with E-state index in [0.717, 1.165) is 11.3 Å². The van der Waals surface area contributed by atoms with Crippen LogP contribution in [0.4, 0.5) is 0 Å². The summed E-state index contributed by atoms with van der Waals surface area (Å²) in [5.41, 5.74) is 2.35. The number of hydrazine groups is 1. The second-order valence-electron chi connectivity index (χ2n) is 4.09. The van der Waals surface area contributed by atoms with Crippen LogP contribution >= 0.6 is 11.3 Å². The fourth-order valence-electron chi connectivity index (χ4n) is 1.59. The standard InChI is InChI=1S/C13H14N2O5S2/c1-19-10-6-9(7-11(8-10)20-2)13(16)14-15-22(17,18)12-4-3-5-21-12/h3-8,15H,1-2H3,(H,14,16). The molecule has 0 unspecified atom stereocenters. The number of ether oxygens (including phenoxy) is 2. The zero-order chi connectivity index (χ0) is 16.2. The molecule has 7 nitrogen and oxygen atoms in total. The van der Waals surface area contributed by atoms with E-state index in [2.05, 4.69) is 5.43 Å². The van der Waals surface area contributed by atoms with Gasteiger partial charge in [-0.3, -0.25) is 10.2 Å². The van der Waals surface area contributed by atoms with Crippen molar-refractivity contribution in [2.45, 2.75) is 4.21 Å². The van der Waals surface area contributed by atoms with Crippen LogP contribution in [0, 0.1) is 0 Å². The Bertz CT molecular complexity index is 734. The van der Waals surface area contributed by atoms with E-state index in [1.54, 1.807) is 17.5 Å². The highest BCUT2D eigenvalue weighted by atomic mass is 32.2. The van der Waals surface area contributed by atoms with Gasteiger partial charge in [0.05, 0.1) is 14.2 Å². The number of carbonyl (C=O) groups is 1. The summed E-state index contributed by atoms with van der Waals surface area (Å²) >= 11 is 1.05. The fourth-order valence-corrected chi connectivity index (χ4v) is 3.42. The molecule has 0 saturated carbocycles. The van der Waals surface area contributed by atoms with Crippen molar-refractivity contribution in [3.8, 4) is 11.5 Å². The van der Waals surface area contributed by atoms with E-state index in [-0.39, 0.29) is 9.77 Å². The molecule has 0 radical (unpaired) electrons. The first-order valence-electron chi connectivity index (χ1n) is 6.05. The van der Waals surface area contributed by atoms with Gasteiger partial charge in [0.15, 0.2) is 0 Å². The number of carbonyl (C=O) groups excluding carboxylic acids is 1. The molecule has 118 valence electrons. The summed E-state index contributed by atoms with van der Waals surface area (Å²) in [5.74, 6) is 0.216.